The van der Waals surface area contributed by atoms with Gasteiger partial charge in [-0.25, -0.2) is 0 Å². The van der Waals surface area contributed by atoms with E-state index in [0.29, 0.717) is 6.54 Å². The van der Waals surface area contributed by atoms with Crippen molar-refractivity contribution in [1.29, 1.82) is 0 Å². The summed E-state index contributed by atoms with van der Waals surface area (Å²) in [7, 11) is 0. The van der Waals surface area contributed by atoms with Crippen molar-refractivity contribution >= 4 is 5.91 Å². The maximum Gasteiger partial charge on any atom is 0.249 e. The zero-order valence-electron chi connectivity index (χ0n) is 10.5. The normalized spacial score (nSPS) is 24.8. The predicted molar refractivity (Wildman–Crippen MR) is 67.7 cm³/mol. The maximum absolute atomic E-state index is 12.0. The number of pyridine rings is 1. The number of carbonyl (C=O) groups excluding carboxylic acids is 1. The lowest BCUT2D eigenvalue weighted by Gasteiger charge is -2.17. The van der Waals surface area contributed by atoms with Crippen molar-refractivity contribution in [1.82, 2.24) is 10.3 Å². The van der Waals surface area contributed by atoms with Gasteiger partial charge in [-0.3, -0.25) is 9.78 Å². The number of hydrogen-bond acceptors (Lipinski definition) is 4. The molecule has 1 aromatic rings. The summed E-state index contributed by atoms with van der Waals surface area (Å²) in [6.07, 6.45) is 4.73. The van der Waals surface area contributed by atoms with Gasteiger partial charge in [0.05, 0.1) is 12.1 Å². The first-order valence-corrected chi connectivity index (χ1v) is 6.26. The number of aromatic nitrogens is 1. The smallest absolute Gasteiger partial charge is 0.249 e. The van der Waals surface area contributed by atoms with Crippen LogP contribution >= 0.6 is 0 Å². The molecule has 0 aromatic carbocycles. The van der Waals surface area contributed by atoms with Gasteiger partial charge in [-0.2, -0.15) is 0 Å². The van der Waals surface area contributed by atoms with E-state index in [4.69, 9.17) is 10.5 Å². The molecule has 1 amide bonds. The van der Waals surface area contributed by atoms with Crippen LogP contribution in [0.4, 0.5) is 0 Å². The number of hydrogen-bond donors (Lipinski definition) is 2. The summed E-state index contributed by atoms with van der Waals surface area (Å²) in [6, 6.07) is 3.73. The molecule has 1 aliphatic rings. The monoisotopic (exact) mass is 249 g/mol. The van der Waals surface area contributed by atoms with Crippen LogP contribution in [-0.4, -0.2) is 29.6 Å². The Morgan fingerprint density at radius 2 is 2.50 bits per heavy atom. The summed E-state index contributed by atoms with van der Waals surface area (Å²) >= 11 is 0. The Labute approximate surface area is 107 Å². The van der Waals surface area contributed by atoms with Crippen molar-refractivity contribution in [2.75, 3.05) is 6.54 Å². The quantitative estimate of drug-likeness (QED) is 0.826. The number of nitrogens with one attached hydrogen (secondary N) is 1. The first-order valence-electron chi connectivity index (χ1n) is 6.26. The molecule has 1 saturated heterocycles. The fourth-order valence-corrected chi connectivity index (χ4v) is 2.09. The van der Waals surface area contributed by atoms with Crippen LogP contribution < -0.4 is 11.1 Å². The molecule has 3 atom stereocenters. The number of ether oxygens (including phenoxy) is 1. The Morgan fingerprint density at radius 1 is 1.67 bits per heavy atom. The van der Waals surface area contributed by atoms with Crippen molar-refractivity contribution < 1.29 is 9.53 Å². The van der Waals surface area contributed by atoms with Crippen LogP contribution in [0.5, 0.6) is 0 Å². The number of rotatable bonds is 4. The summed E-state index contributed by atoms with van der Waals surface area (Å²) in [5.74, 6) is -0.0673. The highest BCUT2D eigenvalue weighted by Crippen LogP contribution is 2.20. The molecule has 2 unspecified atom stereocenters. The van der Waals surface area contributed by atoms with Gasteiger partial charge in [-0.05, 0) is 31.4 Å². The minimum atomic E-state index is -0.363. The lowest BCUT2D eigenvalue weighted by Crippen LogP contribution is -2.37. The second-order valence-electron chi connectivity index (χ2n) is 4.58. The molecule has 98 valence electrons. The van der Waals surface area contributed by atoms with Gasteiger partial charge in [-0.1, -0.05) is 6.07 Å². The van der Waals surface area contributed by atoms with Gasteiger partial charge in [-0.15, -0.1) is 0 Å². The van der Waals surface area contributed by atoms with E-state index in [-0.39, 0.29) is 24.2 Å². The minimum Gasteiger partial charge on any atom is -0.364 e. The SMILES string of the molecule is C[C@H](NC(=O)C1CCC(CN)O1)c1cccnc1. The largest absolute Gasteiger partial charge is 0.364 e. The standard InChI is InChI=1S/C13H19N3O2/c1-9(10-3-2-6-15-8-10)16-13(17)12-5-4-11(7-14)18-12/h2-3,6,8-9,11-12H,4-5,7,14H2,1H3,(H,16,17)/t9-,11?,12?/m0/s1. The van der Waals surface area contributed by atoms with Gasteiger partial charge in [0.2, 0.25) is 5.91 Å². The molecule has 1 fully saturated rings. The molecule has 3 N–H and O–H groups in total. The van der Waals surface area contributed by atoms with E-state index < -0.39 is 0 Å². The highest BCUT2D eigenvalue weighted by molar-refractivity contribution is 5.81. The molecular weight excluding hydrogens is 230 g/mol. The molecule has 0 radical (unpaired) electrons. The summed E-state index contributed by atoms with van der Waals surface area (Å²) < 4.78 is 5.56. The molecule has 0 saturated carbocycles. The molecule has 1 aromatic heterocycles. The van der Waals surface area contributed by atoms with E-state index in [1.165, 1.54) is 0 Å². The van der Waals surface area contributed by atoms with E-state index in [9.17, 15) is 4.79 Å². The van der Waals surface area contributed by atoms with Crippen LogP contribution in [0.25, 0.3) is 0 Å². The third-order valence-corrected chi connectivity index (χ3v) is 3.21. The van der Waals surface area contributed by atoms with E-state index >= 15 is 0 Å². The molecule has 2 heterocycles. The lowest BCUT2D eigenvalue weighted by atomic mass is 10.1. The van der Waals surface area contributed by atoms with Crippen LogP contribution in [0.1, 0.15) is 31.4 Å². The van der Waals surface area contributed by atoms with Crippen LogP contribution in [0, 0.1) is 0 Å². The van der Waals surface area contributed by atoms with Crippen molar-refractivity contribution in [3.05, 3.63) is 30.1 Å². The highest BCUT2D eigenvalue weighted by atomic mass is 16.5. The fraction of sp³-hybridized carbons (Fsp3) is 0.538. The van der Waals surface area contributed by atoms with Crippen LogP contribution in [0.2, 0.25) is 0 Å². The Bertz CT molecular complexity index is 396. The average Bonchev–Trinajstić information content (AvgIpc) is 2.88. The second kappa shape index (κ2) is 5.93. The molecule has 0 aliphatic carbocycles. The maximum atomic E-state index is 12.0. The number of nitrogens with two attached hydrogens (primary N) is 1. The van der Waals surface area contributed by atoms with Gasteiger partial charge < -0.3 is 15.8 Å². The molecule has 0 spiro atoms. The van der Waals surface area contributed by atoms with E-state index in [0.717, 1.165) is 18.4 Å². The van der Waals surface area contributed by atoms with Crippen LogP contribution in [-0.2, 0) is 9.53 Å². The van der Waals surface area contributed by atoms with E-state index in [1.807, 2.05) is 19.1 Å². The van der Waals surface area contributed by atoms with Crippen LogP contribution in [0.3, 0.4) is 0 Å². The summed E-state index contributed by atoms with van der Waals surface area (Å²) in [4.78, 5) is 16.0. The molecule has 0 bridgehead atoms. The highest BCUT2D eigenvalue weighted by Gasteiger charge is 2.30. The fourth-order valence-electron chi connectivity index (χ4n) is 2.09. The third-order valence-electron chi connectivity index (χ3n) is 3.21. The molecule has 5 nitrogen and oxygen atoms in total. The Morgan fingerprint density at radius 3 is 3.11 bits per heavy atom. The van der Waals surface area contributed by atoms with Gasteiger partial charge in [0.15, 0.2) is 0 Å². The third kappa shape index (κ3) is 3.05. The predicted octanol–water partition coefficient (Wildman–Crippen LogP) is 0.765. The minimum absolute atomic E-state index is 0.0226. The topological polar surface area (TPSA) is 77.2 Å². The zero-order valence-corrected chi connectivity index (χ0v) is 10.5. The second-order valence-corrected chi connectivity index (χ2v) is 4.58. The zero-order chi connectivity index (χ0) is 13.0. The number of carbonyl (C=O) groups is 1. The average molecular weight is 249 g/mol. The molecule has 1 aliphatic heterocycles. The lowest BCUT2D eigenvalue weighted by molar-refractivity contribution is -0.132. The van der Waals surface area contributed by atoms with Gasteiger partial charge in [0.1, 0.15) is 6.10 Å². The Hall–Kier alpha value is -1.46. The van der Waals surface area contributed by atoms with E-state index in [2.05, 4.69) is 10.3 Å². The van der Waals surface area contributed by atoms with Crippen molar-refractivity contribution in [3.63, 3.8) is 0 Å². The van der Waals surface area contributed by atoms with E-state index in [1.54, 1.807) is 12.4 Å². The van der Waals surface area contributed by atoms with Gasteiger partial charge in [0.25, 0.3) is 0 Å². The van der Waals surface area contributed by atoms with Crippen molar-refractivity contribution in [2.24, 2.45) is 5.73 Å². The van der Waals surface area contributed by atoms with Gasteiger partial charge in [0, 0.05) is 18.9 Å². The van der Waals surface area contributed by atoms with Crippen molar-refractivity contribution in [2.45, 2.75) is 38.0 Å². The molecular formula is C13H19N3O2. The van der Waals surface area contributed by atoms with Crippen molar-refractivity contribution in [3.8, 4) is 0 Å². The summed E-state index contributed by atoms with van der Waals surface area (Å²) in [5.41, 5.74) is 6.51. The Kier molecular flexibility index (Phi) is 4.28. The summed E-state index contributed by atoms with van der Waals surface area (Å²) in [6.45, 7) is 2.41. The van der Waals surface area contributed by atoms with Gasteiger partial charge >= 0.3 is 0 Å². The summed E-state index contributed by atoms with van der Waals surface area (Å²) in [5, 5.41) is 2.94. The number of nitrogens with zero attached hydrogens (tertiary/aromatic N) is 1. The molecule has 18 heavy (non-hydrogen) atoms. The molecule has 5 heteroatoms. The molecule has 2 rings (SSSR count). The Balaban J connectivity index is 1.88. The van der Waals surface area contributed by atoms with Crippen LogP contribution in [0.15, 0.2) is 24.5 Å². The first kappa shape index (κ1) is 13.0. The first-order chi connectivity index (χ1) is 8.70. The number of amides is 1.